The van der Waals surface area contributed by atoms with E-state index in [-0.39, 0.29) is 42.0 Å². The fourth-order valence-corrected chi connectivity index (χ4v) is 5.64. The van der Waals surface area contributed by atoms with Crippen LogP contribution in [0.5, 0.6) is 0 Å². The summed E-state index contributed by atoms with van der Waals surface area (Å²) in [6.45, 7) is -0.294. The topological polar surface area (TPSA) is 66.5 Å². The van der Waals surface area contributed by atoms with Crippen molar-refractivity contribution in [3.05, 3.63) is 66.0 Å². The molecule has 5 nitrogen and oxygen atoms in total. The maximum Gasteiger partial charge on any atom is 0.244 e. The molecule has 2 aromatic rings. The Bertz CT molecular complexity index is 975. The van der Waals surface area contributed by atoms with Crippen LogP contribution in [0.2, 0.25) is 0 Å². The summed E-state index contributed by atoms with van der Waals surface area (Å²) in [5.74, 6) is -1.22. The molecule has 3 fully saturated rings. The van der Waals surface area contributed by atoms with Gasteiger partial charge >= 0.3 is 0 Å². The number of benzene rings is 2. The highest BCUT2D eigenvalue weighted by Crippen LogP contribution is 2.61. The SMILES string of the molecule is O=C(CN1C(=O)[C@@H]2[C@@H]3C[C@@H]([C@@H]2C1=O)[C@H](c1ccccc1)C3)Nc1ccc(F)cc1. The third kappa shape index (κ3) is 2.94. The van der Waals surface area contributed by atoms with Crippen molar-refractivity contribution in [2.75, 3.05) is 11.9 Å². The Labute approximate surface area is 167 Å². The van der Waals surface area contributed by atoms with E-state index in [4.69, 9.17) is 0 Å². The summed E-state index contributed by atoms with van der Waals surface area (Å²) in [4.78, 5) is 39.5. The van der Waals surface area contributed by atoms with E-state index in [1.54, 1.807) is 0 Å². The van der Waals surface area contributed by atoms with E-state index >= 15 is 0 Å². The van der Waals surface area contributed by atoms with Crippen molar-refractivity contribution >= 4 is 23.4 Å². The predicted molar refractivity (Wildman–Crippen MR) is 104 cm³/mol. The number of carbonyl (C=O) groups excluding carboxylic acids is 3. The number of likely N-dealkylation sites (tertiary alicyclic amines) is 1. The van der Waals surface area contributed by atoms with Gasteiger partial charge in [-0.15, -0.1) is 0 Å². The number of fused-ring (bicyclic) bond motifs is 5. The van der Waals surface area contributed by atoms with E-state index in [1.165, 1.54) is 29.8 Å². The Hall–Kier alpha value is -3.02. The minimum absolute atomic E-state index is 0.161. The predicted octanol–water partition coefficient (Wildman–Crippen LogP) is 3.19. The van der Waals surface area contributed by atoms with Crippen LogP contribution in [0, 0.1) is 29.5 Å². The maximum absolute atomic E-state index is 13.1. The van der Waals surface area contributed by atoms with Gasteiger partial charge in [-0.1, -0.05) is 30.3 Å². The highest BCUT2D eigenvalue weighted by Gasteiger charge is 2.63. The average Bonchev–Trinajstić information content (AvgIpc) is 3.38. The van der Waals surface area contributed by atoms with Gasteiger partial charge in [0.2, 0.25) is 17.7 Å². The number of halogens is 1. The Morgan fingerprint density at radius 1 is 0.966 bits per heavy atom. The van der Waals surface area contributed by atoms with Gasteiger partial charge in [-0.25, -0.2) is 4.39 Å². The quantitative estimate of drug-likeness (QED) is 0.813. The Balaban J connectivity index is 1.31. The molecule has 1 aliphatic heterocycles. The van der Waals surface area contributed by atoms with E-state index < -0.39 is 11.7 Å². The van der Waals surface area contributed by atoms with Crippen molar-refractivity contribution in [2.45, 2.75) is 18.8 Å². The Morgan fingerprint density at radius 3 is 2.38 bits per heavy atom. The molecule has 1 N–H and O–H groups in total. The van der Waals surface area contributed by atoms with E-state index in [0.717, 1.165) is 17.7 Å². The maximum atomic E-state index is 13.1. The monoisotopic (exact) mass is 392 g/mol. The molecule has 1 heterocycles. The Kier molecular flexibility index (Phi) is 4.23. The summed E-state index contributed by atoms with van der Waals surface area (Å²) in [5, 5.41) is 2.62. The fourth-order valence-electron chi connectivity index (χ4n) is 5.64. The van der Waals surface area contributed by atoms with Crippen molar-refractivity contribution in [1.82, 2.24) is 4.90 Å². The summed E-state index contributed by atoms with van der Waals surface area (Å²) < 4.78 is 13.0. The van der Waals surface area contributed by atoms with Crippen molar-refractivity contribution in [1.29, 1.82) is 0 Å². The first-order valence-electron chi connectivity index (χ1n) is 9.98. The van der Waals surface area contributed by atoms with E-state index in [2.05, 4.69) is 17.4 Å². The van der Waals surface area contributed by atoms with Crippen LogP contribution >= 0.6 is 0 Å². The normalized spacial score (nSPS) is 30.0. The number of amides is 3. The highest BCUT2D eigenvalue weighted by molar-refractivity contribution is 6.09. The molecule has 0 radical (unpaired) electrons. The van der Waals surface area contributed by atoms with Crippen LogP contribution in [0.4, 0.5) is 10.1 Å². The van der Waals surface area contributed by atoms with Crippen LogP contribution in [0.1, 0.15) is 24.3 Å². The lowest BCUT2D eigenvalue weighted by molar-refractivity contribution is -0.143. The van der Waals surface area contributed by atoms with Crippen molar-refractivity contribution in [3.63, 3.8) is 0 Å². The van der Waals surface area contributed by atoms with Crippen molar-refractivity contribution in [3.8, 4) is 0 Å². The molecule has 0 aromatic heterocycles. The zero-order valence-electron chi connectivity index (χ0n) is 15.8. The second kappa shape index (κ2) is 6.79. The molecule has 2 aromatic carbocycles. The van der Waals surface area contributed by atoms with Gasteiger partial charge < -0.3 is 5.32 Å². The van der Waals surface area contributed by atoms with Gasteiger partial charge in [-0.2, -0.15) is 0 Å². The van der Waals surface area contributed by atoms with Gasteiger partial charge in [0.25, 0.3) is 0 Å². The first-order valence-corrected chi connectivity index (χ1v) is 9.98. The molecule has 6 heteroatoms. The third-order valence-electron chi connectivity index (χ3n) is 6.76. The summed E-state index contributed by atoms with van der Waals surface area (Å²) in [5.41, 5.74) is 1.66. The van der Waals surface area contributed by atoms with Crippen LogP contribution in [0.25, 0.3) is 0 Å². The van der Waals surface area contributed by atoms with Crippen LogP contribution in [-0.2, 0) is 14.4 Å². The summed E-state index contributed by atoms with van der Waals surface area (Å²) in [7, 11) is 0. The molecule has 0 unspecified atom stereocenters. The minimum Gasteiger partial charge on any atom is -0.325 e. The molecular weight excluding hydrogens is 371 g/mol. The van der Waals surface area contributed by atoms with E-state index in [1.807, 2.05) is 18.2 Å². The van der Waals surface area contributed by atoms with E-state index in [9.17, 15) is 18.8 Å². The molecule has 3 aliphatic rings. The van der Waals surface area contributed by atoms with Gasteiger partial charge in [0.15, 0.2) is 0 Å². The standard InChI is InChI=1S/C23H21FN2O3/c24-15-6-8-16(9-7-15)25-19(27)12-26-22(28)20-14-10-17(13-4-2-1-3-5-13)18(11-14)21(20)23(26)29/h1-9,14,17-18,20-21H,10-12H2,(H,25,27)/t14-,17-,18+,20+,21-/m0/s1. The molecule has 2 bridgehead atoms. The van der Waals surface area contributed by atoms with Crippen LogP contribution in [-0.4, -0.2) is 29.2 Å². The summed E-state index contributed by atoms with van der Waals surface area (Å²) in [6.07, 6.45) is 1.83. The second-order valence-electron chi connectivity index (χ2n) is 8.28. The highest BCUT2D eigenvalue weighted by atomic mass is 19.1. The lowest BCUT2D eigenvalue weighted by Crippen LogP contribution is -2.39. The third-order valence-corrected chi connectivity index (χ3v) is 6.76. The summed E-state index contributed by atoms with van der Waals surface area (Å²) in [6, 6.07) is 15.6. The molecule has 2 aliphatic carbocycles. The first kappa shape index (κ1) is 18.0. The van der Waals surface area contributed by atoms with Gasteiger partial charge in [0.1, 0.15) is 12.4 Å². The molecule has 5 atom stereocenters. The number of carbonyl (C=O) groups is 3. The van der Waals surface area contributed by atoms with Crippen LogP contribution in [0.15, 0.2) is 54.6 Å². The molecule has 1 saturated heterocycles. The van der Waals surface area contributed by atoms with Crippen molar-refractivity contribution < 1.29 is 18.8 Å². The minimum atomic E-state index is -0.453. The smallest absolute Gasteiger partial charge is 0.244 e. The number of nitrogens with one attached hydrogen (secondary N) is 1. The lowest BCUT2D eigenvalue weighted by atomic mass is 9.73. The average molecular weight is 392 g/mol. The number of rotatable bonds is 4. The van der Waals surface area contributed by atoms with Gasteiger partial charge in [0.05, 0.1) is 11.8 Å². The molecule has 148 valence electrons. The van der Waals surface area contributed by atoms with Gasteiger partial charge in [-0.3, -0.25) is 19.3 Å². The Morgan fingerprint density at radius 2 is 1.66 bits per heavy atom. The largest absolute Gasteiger partial charge is 0.325 e. The zero-order valence-corrected chi connectivity index (χ0v) is 15.8. The van der Waals surface area contributed by atoms with Crippen molar-refractivity contribution in [2.24, 2.45) is 23.7 Å². The summed E-state index contributed by atoms with van der Waals surface area (Å²) >= 11 is 0. The first-order chi connectivity index (χ1) is 14.0. The van der Waals surface area contributed by atoms with E-state index in [0.29, 0.717) is 11.6 Å². The molecule has 2 saturated carbocycles. The molecular formula is C23H21FN2O3. The number of anilines is 1. The van der Waals surface area contributed by atoms with Crippen LogP contribution < -0.4 is 5.32 Å². The molecule has 3 amide bonds. The molecule has 5 rings (SSSR count). The number of nitrogens with zero attached hydrogens (tertiary/aromatic N) is 1. The van der Waals surface area contributed by atoms with Crippen LogP contribution in [0.3, 0.4) is 0 Å². The number of hydrogen-bond acceptors (Lipinski definition) is 3. The zero-order chi connectivity index (χ0) is 20.1. The molecule has 0 spiro atoms. The lowest BCUT2D eigenvalue weighted by Gasteiger charge is -2.28. The molecule has 29 heavy (non-hydrogen) atoms. The van der Waals surface area contributed by atoms with Gasteiger partial charge in [-0.05, 0) is 60.4 Å². The number of hydrogen-bond donors (Lipinski definition) is 1. The van der Waals surface area contributed by atoms with Gasteiger partial charge in [0, 0.05) is 5.69 Å². The second-order valence-corrected chi connectivity index (χ2v) is 8.28. The number of imide groups is 1. The fraction of sp³-hybridized carbons (Fsp3) is 0.348.